The first kappa shape index (κ1) is 12.9. The predicted octanol–water partition coefficient (Wildman–Crippen LogP) is 4.27. The molecule has 0 saturated heterocycles. The van der Waals surface area contributed by atoms with Gasteiger partial charge in [0.2, 0.25) is 0 Å². The van der Waals surface area contributed by atoms with Crippen LogP contribution in [0.2, 0.25) is 5.15 Å². The normalized spacial score (nSPS) is 10.8. The molecule has 0 unspecified atom stereocenters. The highest BCUT2D eigenvalue weighted by atomic mass is 35.5. The van der Waals surface area contributed by atoms with E-state index in [4.69, 9.17) is 16.3 Å². The van der Waals surface area contributed by atoms with Crippen molar-refractivity contribution >= 4 is 22.4 Å². The Hall–Kier alpha value is -2.13. The summed E-state index contributed by atoms with van der Waals surface area (Å²) in [7, 11) is 1.65. The number of ether oxygens (including phenoxy) is 1. The lowest BCUT2D eigenvalue weighted by Crippen LogP contribution is -1.95. The molecule has 0 fully saturated rings. The highest BCUT2D eigenvalue weighted by molar-refractivity contribution is 6.34. The summed E-state index contributed by atoms with van der Waals surface area (Å²) >= 11 is 6.12. The van der Waals surface area contributed by atoms with Crippen LogP contribution in [-0.4, -0.2) is 17.3 Å². The van der Waals surface area contributed by atoms with Crippen molar-refractivity contribution in [3.05, 3.63) is 53.2 Å². The van der Waals surface area contributed by atoms with Crippen molar-refractivity contribution in [1.29, 1.82) is 0 Å². The summed E-state index contributed by atoms with van der Waals surface area (Å²) in [6.07, 6.45) is 0. The van der Waals surface area contributed by atoms with Gasteiger partial charge in [-0.1, -0.05) is 47.5 Å². The molecule has 20 heavy (non-hydrogen) atoms. The second-order valence-electron chi connectivity index (χ2n) is 4.59. The van der Waals surface area contributed by atoms with Gasteiger partial charge >= 0.3 is 0 Å². The molecule has 1 aromatic heterocycles. The highest BCUT2D eigenvalue weighted by Gasteiger charge is 2.13. The lowest BCUT2D eigenvalue weighted by molar-refractivity contribution is 0.416. The van der Waals surface area contributed by atoms with Crippen LogP contribution in [0.1, 0.15) is 5.56 Å². The maximum absolute atomic E-state index is 6.12. The van der Waals surface area contributed by atoms with Crippen molar-refractivity contribution in [1.82, 2.24) is 10.2 Å². The average Bonchev–Trinajstić information content (AvgIpc) is 2.48. The molecular formula is C16H13ClN2O. The second-order valence-corrected chi connectivity index (χ2v) is 4.95. The summed E-state index contributed by atoms with van der Waals surface area (Å²) < 4.78 is 5.43. The van der Waals surface area contributed by atoms with Crippen LogP contribution in [0.25, 0.3) is 22.0 Å². The molecule has 0 aliphatic heterocycles. The summed E-state index contributed by atoms with van der Waals surface area (Å²) in [5, 5.41) is 10.6. The molecule has 0 spiro atoms. The van der Waals surface area contributed by atoms with Gasteiger partial charge in [0.15, 0.2) is 5.15 Å². The standard InChI is InChI=1S/C16H13ClN2O/c1-10-7-8-14(20-2)13(9-10)15-11-5-3-4-6-12(11)16(17)19-18-15/h3-9H,1-2H3. The van der Waals surface area contributed by atoms with Gasteiger partial charge in [0, 0.05) is 16.3 Å². The van der Waals surface area contributed by atoms with E-state index in [1.165, 1.54) is 0 Å². The van der Waals surface area contributed by atoms with E-state index in [1.807, 2.05) is 49.4 Å². The molecule has 100 valence electrons. The lowest BCUT2D eigenvalue weighted by Gasteiger charge is -2.11. The molecule has 0 aliphatic rings. The Kier molecular flexibility index (Phi) is 3.28. The average molecular weight is 285 g/mol. The van der Waals surface area contributed by atoms with Crippen LogP contribution < -0.4 is 4.74 Å². The number of hydrogen-bond acceptors (Lipinski definition) is 3. The first-order valence-electron chi connectivity index (χ1n) is 6.26. The van der Waals surface area contributed by atoms with Crippen molar-refractivity contribution in [3.63, 3.8) is 0 Å². The largest absolute Gasteiger partial charge is 0.496 e. The van der Waals surface area contributed by atoms with Crippen molar-refractivity contribution < 1.29 is 4.74 Å². The number of nitrogens with zero attached hydrogens (tertiary/aromatic N) is 2. The van der Waals surface area contributed by atoms with Gasteiger partial charge < -0.3 is 4.74 Å². The van der Waals surface area contributed by atoms with Crippen LogP contribution >= 0.6 is 11.6 Å². The van der Waals surface area contributed by atoms with Gasteiger partial charge in [-0.25, -0.2) is 0 Å². The molecule has 2 aromatic carbocycles. The van der Waals surface area contributed by atoms with E-state index in [0.29, 0.717) is 5.15 Å². The fourth-order valence-corrected chi connectivity index (χ4v) is 2.48. The number of aromatic nitrogens is 2. The molecule has 4 heteroatoms. The molecule has 1 heterocycles. The first-order valence-corrected chi connectivity index (χ1v) is 6.64. The van der Waals surface area contributed by atoms with Gasteiger partial charge in [-0.05, 0) is 19.1 Å². The Bertz CT molecular complexity index is 787. The molecule has 0 atom stereocenters. The van der Waals surface area contributed by atoms with E-state index < -0.39 is 0 Å². The van der Waals surface area contributed by atoms with E-state index >= 15 is 0 Å². The van der Waals surface area contributed by atoms with Gasteiger partial charge in [0.1, 0.15) is 11.4 Å². The number of fused-ring (bicyclic) bond motifs is 1. The minimum atomic E-state index is 0.413. The molecule has 3 rings (SSSR count). The third kappa shape index (κ3) is 2.10. The minimum Gasteiger partial charge on any atom is -0.496 e. The van der Waals surface area contributed by atoms with E-state index in [-0.39, 0.29) is 0 Å². The van der Waals surface area contributed by atoms with Crippen molar-refractivity contribution in [2.24, 2.45) is 0 Å². The third-order valence-electron chi connectivity index (χ3n) is 3.25. The van der Waals surface area contributed by atoms with Crippen molar-refractivity contribution in [2.45, 2.75) is 6.92 Å². The third-order valence-corrected chi connectivity index (χ3v) is 3.53. The maximum atomic E-state index is 6.12. The fraction of sp³-hybridized carbons (Fsp3) is 0.125. The van der Waals surface area contributed by atoms with E-state index in [2.05, 4.69) is 10.2 Å². The Morgan fingerprint density at radius 3 is 2.50 bits per heavy atom. The number of aryl methyl sites for hydroxylation is 1. The monoisotopic (exact) mass is 284 g/mol. The second kappa shape index (κ2) is 5.10. The molecule has 0 bridgehead atoms. The zero-order chi connectivity index (χ0) is 14.1. The fourth-order valence-electron chi connectivity index (χ4n) is 2.28. The molecular weight excluding hydrogens is 272 g/mol. The van der Waals surface area contributed by atoms with Gasteiger partial charge in [-0.2, -0.15) is 0 Å². The molecule has 0 saturated carbocycles. The van der Waals surface area contributed by atoms with Crippen LogP contribution in [0, 0.1) is 6.92 Å². The van der Waals surface area contributed by atoms with Gasteiger partial charge in [-0.15, -0.1) is 10.2 Å². The molecule has 0 amide bonds. The van der Waals surface area contributed by atoms with Gasteiger partial charge in [0.05, 0.1) is 7.11 Å². The number of rotatable bonds is 2. The quantitative estimate of drug-likeness (QED) is 0.705. The Labute approximate surface area is 122 Å². The van der Waals surface area contributed by atoms with Crippen LogP contribution in [0.3, 0.4) is 0 Å². The summed E-state index contributed by atoms with van der Waals surface area (Å²) in [4.78, 5) is 0. The predicted molar refractivity (Wildman–Crippen MR) is 81.3 cm³/mol. The Balaban J connectivity index is 2.36. The topological polar surface area (TPSA) is 35.0 Å². The summed E-state index contributed by atoms with van der Waals surface area (Å²) in [6.45, 7) is 2.04. The molecule has 0 aliphatic carbocycles. The zero-order valence-electron chi connectivity index (χ0n) is 11.2. The number of benzene rings is 2. The summed E-state index contributed by atoms with van der Waals surface area (Å²) in [6, 6.07) is 13.8. The SMILES string of the molecule is COc1ccc(C)cc1-c1nnc(Cl)c2ccccc12. The minimum absolute atomic E-state index is 0.413. The van der Waals surface area contributed by atoms with Crippen LogP contribution in [0.5, 0.6) is 5.75 Å². The number of halogens is 1. The smallest absolute Gasteiger partial charge is 0.159 e. The molecule has 0 N–H and O–H groups in total. The van der Waals surface area contributed by atoms with Gasteiger partial charge in [-0.3, -0.25) is 0 Å². The first-order chi connectivity index (χ1) is 9.70. The van der Waals surface area contributed by atoms with Crippen LogP contribution in [0.4, 0.5) is 0 Å². The Morgan fingerprint density at radius 2 is 1.75 bits per heavy atom. The Morgan fingerprint density at radius 1 is 1.00 bits per heavy atom. The summed E-state index contributed by atoms with van der Waals surface area (Å²) in [5.74, 6) is 0.775. The molecule has 0 radical (unpaired) electrons. The number of methoxy groups -OCH3 is 1. The maximum Gasteiger partial charge on any atom is 0.159 e. The molecule has 3 aromatic rings. The zero-order valence-corrected chi connectivity index (χ0v) is 12.0. The van der Waals surface area contributed by atoms with Crippen molar-refractivity contribution in [3.8, 4) is 17.0 Å². The van der Waals surface area contributed by atoms with Gasteiger partial charge in [0.25, 0.3) is 0 Å². The molecule has 3 nitrogen and oxygen atoms in total. The van der Waals surface area contributed by atoms with Crippen molar-refractivity contribution in [2.75, 3.05) is 7.11 Å². The van der Waals surface area contributed by atoms with E-state index in [9.17, 15) is 0 Å². The van der Waals surface area contributed by atoms with E-state index in [1.54, 1.807) is 7.11 Å². The highest BCUT2D eigenvalue weighted by Crippen LogP contribution is 2.35. The summed E-state index contributed by atoms with van der Waals surface area (Å²) in [5.41, 5.74) is 2.85. The van der Waals surface area contributed by atoms with E-state index in [0.717, 1.165) is 33.3 Å². The lowest BCUT2D eigenvalue weighted by atomic mass is 10.0. The van der Waals surface area contributed by atoms with Crippen LogP contribution in [0.15, 0.2) is 42.5 Å². The van der Waals surface area contributed by atoms with Crippen LogP contribution in [-0.2, 0) is 0 Å². The number of hydrogen-bond donors (Lipinski definition) is 0.